The third-order valence-corrected chi connectivity index (χ3v) is 6.57. The predicted octanol–water partition coefficient (Wildman–Crippen LogP) is 2.77. The highest BCUT2D eigenvalue weighted by Gasteiger charge is 2.25. The quantitative estimate of drug-likeness (QED) is 0.794. The highest BCUT2D eigenvalue weighted by molar-refractivity contribution is 7.89. The number of fused-ring (bicyclic) bond motifs is 1. The van der Waals surface area contributed by atoms with Gasteiger partial charge in [-0.25, -0.2) is 17.2 Å². The van der Waals surface area contributed by atoms with Crippen LogP contribution in [0.1, 0.15) is 33.5 Å². The third-order valence-electron chi connectivity index (χ3n) is 4.04. The molecule has 0 aliphatic heterocycles. The van der Waals surface area contributed by atoms with E-state index in [9.17, 15) is 22.0 Å². The van der Waals surface area contributed by atoms with Gasteiger partial charge in [-0.05, 0) is 48.9 Å². The fourth-order valence-electron chi connectivity index (χ4n) is 2.78. The molecule has 1 aromatic heterocycles. The van der Waals surface area contributed by atoms with Crippen LogP contribution >= 0.6 is 11.3 Å². The predicted molar refractivity (Wildman–Crippen MR) is 89.7 cm³/mol. The zero-order valence-electron chi connectivity index (χ0n) is 13.3. The molecule has 2 N–H and O–H groups in total. The zero-order valence-corrected chi connectivity index (χ0v) is 14.9. The number of nitrogens with one attached hydrogen (secondary N) is 2. The molecule has 134 valence electrons. The number of halogens is 2. The van der Waals surface area contributed by atoms with Crippen molar-refractivity contribution in [3.05, 3.63) is 51.2 Å². The van der Waals surface area contributed by atoms with Gasteiger partial charge in [-0.15, -0.1) is 16.2 Å². The minimum Gasteiger partial charge on any atom is -0.273 e. The van der Waals surface area contributed by atoms with Crippen LogP contribution in [0.5, 0.6) is 0 Å². The summed E-state index contributed by atoms with van der Waals surface area (Å²) < 4.78 is 51.3. The summed E-state index contributed by atoms with van der Waals surface area (Å²) in [5.41, 5.74) is 3.11. The van der Waals surface area contributed by atoms with Crippen LogP contribution in [0.3, 0.4) is 0 Å². The number of carbonyl (C=O) groups is 1. The number of hydrogen-bond acceptors (Lipinski definition) is 4. The number of aryl methyl sites for hydroxylation is 1. The average Bonchev–Trinajstić information content (AvgIpc) is 2.95. The molecule has 3 rings (SSSR count). The molecule has 1 amide bonds. The van der Waals surface area contributed by atoms with Gasteiger partial charge in [-0.3, -0.25) is 10.2 Å². The van der Waals surface area contributed by atoms with Crippen molar-refractivity contribution in [1.82, 2.24) is 10.3 Å². The number of carbonyl (C=O) groups excluding carboxylic acids is 1. The average molecular weight is 386 g/mol. The van der Waals surface area contributed by atoms with Crippen LogP contribution in [0.15, 0.2) is 29.2 Å². The molecular weight excluding hydrogens is 370 g/mol. The number of thiophene rings is 1. The van der Waals surface area contributed by atoms with Gasteiger partial charge in [0.05, 0.1) is 4.88 Å². The lowest BCUT2D eigenvalue weighted by Gasteiger charge is -2.16. The molecule has 5 nitrogen and oxygen atoms in total. The fourth-order valence-corrected chi connectivity index (χ4v) is 4.87. The maximum absolute atomic E-state index is 13.6. The second kappa shape index (κ2) is 6.81. The van der Waals surface area contributed by atoms with Crippen LogP contribution in [0.2, 0.25) is 0 Å². The van der Waals surface area contributed by atoms with Crippen molar-refractivity contribution in [3.8, 4) is 0 Å². The summed E-state index contributed by atoms with van der Waals surface area (Å²) in [6.07, 6.45) is 2.82. The van der Waals surface area contributed by atoms with Gasteiger partial charge in [-0.2, -0.15) is 0 Å². The molecule has 1 aliphatic carbocycles. The summed E-state index contributed by atoms with van der Waals surface area (Å²) >= 11 is 1.30. The van der Waals surface area contributed by atoms with E-state index in [1.807, 2.05) is 5.43 Å². The van der Waals surface area contributed by atoms with Gasteiger partial charge in [0.2, 0.25) is 0 Å². The third kappa shape index (κ3) is 3.73. The van der Waals surface area contributed by atoms with E-state index in [-0.39, 0.29) is 0 Å². The summed E-state index contributed by atoms with van der Waals surface area (Å²) in [6, 6.07) is 4.45. The standard InChI is InChI=1S/C16H16F2N2O3S2/c1-9-5-6-13-10(7-9)8-14(24-13)16(21)19-20-25(22,23)15-11(17)3-2-4-12(15)18/h2-4,8-9,20H,5-7H2,1H3,(H,19,21)/t9-/m0/s1. The van der Waals surface area contributed by atoms with Crippen LogP contribution in [0.4, 0.5) is 8.78 Å². The first kappa shape index (κ1) is 18.0. The van der Waals surface area contributed by atoms with Crippen LogP contribution in [0, 0.1) is 17.6 Å². The van der Waals surface area contributed by atoms with Crippen LogP contribution in [0.25, 0.3) is 0 Å². The lowest BCUT2D eigenvalue weighted by Crippen LogP contribution is -2.41. The first-order valence-corrected chi connectivity index (χ1v) is 9.95. The minimum atomic E-state index is -4.56. The Balaban J connectivity index is 1.74. The first-order valence-electron chi connectivity index (χ1n) is 7.65. The number of hydrazine groups is 1. The molecule has 0 spiro atoms. The Morgan fingerprint density at radius 3 is 2.64 bits per heavy atom. The number of hydrogen-bond donors (Lipinski definition) is 2. The molecule has 0 saturated carbocycles. The SMILES string of the molecule is C[C@H]1CCc2sc(C(=O)NNS(=O)(=O)c3c(F)cccc3F)cc2C1. The monoisotopic (exact) mass is 386 g/mol. The number of amides is 1. The number of benzene rings is 1. The number of rotatable bonds is 4. The molecular formula is C16H16F2N2O3S2. The fraction of sp³-hybridized carbons (Fsp3) is 0.312. The molecule has 0 radical (unpaired) electrons. The van der Waals surface area contributed by atoms with Crippen LogP contribution in [-0.4, -0.2) is 14.3 Å². The van der Waals surface area contributed by atoms with Gasteiger partial charge in [0.1, 0.15) is 11.6 Å². The summed E-state index contributed by atoms with van der Waals surface area (Å²) in [6.45, 7) is 2.14. The van der Waals surface area contributed by atoms with E-state index in [1.54, 1.807) is 10.9 Å². The highest BCUT2D eigenvalue weighted by Crippen LogP contribution is 2.32. The lowest BCUT2D eigenvalue weighted by molar-refractivity contribution is 0.0949. The molecule has 0 bridgehead atoms. The van der Waals surface area contributed by atoms with Gasteiger partial charge >= 0.3 is 0 Å². The molecule has 25 heavy (non-hydrogen) atoms. The summed E-state index contributed by atoms with van der Waals surface area (Å²) in [5, 5.41) is 0. The van der Waals surface area contributed by atoms with Crippen LogP contribution in [-0.2, 0) is 22.9 Å². The maximum Gasteiger partial charge on any atom is 0.276 e. The van der Waals surface area contributed by atoms with Gasteiger partial charge in [-0.1, -0.05) is 13.0 Å². The molecule has 0 unspecified atom stereocenters. The van der Waals surface area contributed by atoms with E-state index in [1.165, 1.54) is 11.3 Å². The van der Waals surface area contributed by atoms with Gasteiger partial charge < -0.3 is 0 Å². The number of sulfonamides is 1. The molecule has 1 heterocycles. The largest absolute Gasteiger partial charge is 0.276 e. The normalized spacial score (nSPS) is 17.2. The second-order valence-corrected chi connectivity index (χ2v) is 8.77. The summed E-state index contributed by atoms with van der Waals surface area (Å²) in [7, 11) is -4.56. The van der Waals surface area contributed by atoms with Crippen molar-refractivity contribution in [2.45, 2.75) is 31.1 Å². The Hall–Kier alpha value is -1.84. The van der Waals surface area contributed by atoms with E-state index in [0.717, 1.165) is 47.9 Å². The van der Waals surface area contributed by atoms with E-state index < -0.39 is 32.5 Å². The van der Waals surface area contributed by atoms with Crippen molar-refractivity contribution in [3.63, 3.8) is 0 Å². The van der Waals surface area contributed by atoms with Gasteiger partial charge in [0.15, 0.2) is 4.90 Å². The first-order chi connectivity index (χ1) is 11.8. The molecule has 1 atom stereocenters. The van der Waals surface area contributed by atoms with E-state index in [4.69, 9.17) is 0 Å². The molecule has 0 saturated heterocycles. The van der Waals surface area contributed by atoms with E-state index >= 15 is 0 Å². The van der Waals surface area contributed by atoms with Crippen molar-refractivity contribution in [1.29, 1.82) is 0 Å². The van der Waals surface area contributed by atoms with Gasteiger partial charge in [0, 0.05) is 4.88 Å². The molecule has 1 aromatic carbocycles. The molecule has 0 fully saturated rings. The Kier molecular flexibility index (Phi) is 4.90. The molecule has 1 aliphatic rings. The van der Waals surface area contributed by atoms with Gasteiger partial charge in [0.25, 0.3) is 15.9 Å². The Morgan fingerprint density at radius 2 is 1.96 bits per heavy atom. The highest BCUT2D eigenvalue weighted by atomic mass is 32.2. The minimum absolute atomic E-state index is 0.357. The van der Waals surface area contributed by atoms with Crippen molar-refractivity contribution < 1.29 is 22.0 Å². The Labute approximate surface area is 148 Å². The van der Waals surface area contributed by atoms with Crippen molar-refractivity contribution >= 4 is 27.3 Å². The summed E-state index contributed by atoms with van der Waals surface area (Å²) in [4.78, 5) is 14.3. The van der Waals surface area contributed by atoms with Crippen molar-refractivity contribution in [2.24, 2.45) is 5.92 Å². The Morgan fingerprint density at radius 1 is 1.28 bits per heavy atom. The van der Waals surface area contributed by atoms with E-state index in [0.29, 0.717) is 10.8 Å². The zero-order chi connectivity index (χ0) is 18.2. The topological polar surface area (TPSA) is 75.3 Å². The second-order valence-electron chi connectivity index (χ2n) is 6.02. The summed E-state index contributed by atoms with van der Waals surface area (Å²) in [5.74, 6) is -2.59. The molecule has 9 heteroatoms. The Bertz CT molecular complexity index is 905. The smallest absolute Gasteiger partial charge is 0.273 e. The lowest BCUT2D eigenvalue weighted by atomic mass is 9.90. The molecule has 2 aromatic rings. The maximum atomic E-state index is 13.6. The van der Waals surface area contributed by atoms with E-state index in [2.05, 4.69) is 6.92 Å². The van der Waals surface area contributed by atoms with Crippen LogP contribution < -0.4 is 10.3 Å². The van der Waals surface area contributed by atoms with Crippen molar-refractivity contribution in [2.75, 3.05) is 0 Å².